The number of carbonyl (C=O) groups is 2. The molecule has 0 unspecified atom stereocenters. The summed E-state index contributed by atoms with van der Waals surface area (Å²) in [5.41, 5.74) is 5.90. The number of hydrogen-bond acceptors (Lipinski definition) is 3. The fraction of sp³-hybridized carbons (Fsp3) is 0.100. The van der Waals surface area contributed by atoms with Crippen LogP contribution >= 0.6 is 0 Å². The quantitative estimate of drug-likeness (QED) is 0.661. The molecule has 0 aromatic heterocycles. The third kappa shape index (κ3) is 3.55. The molecule has 0 spiro atoms. The molecule has 2 amide bonds. The molecule has 0 aliphatic heterocycles. The van der Waals surface area contributed by atoms with Gasteiger partial charge in [0.2, 0.25) is 0 Å². The summed E-state index contributed by atoms with van der Waals surface area (Å²) in [5, 5.41) is 6.35. The number of carbonyl (C=O) groups excluding carboxylic acids is 2. The van der Waals surface area contributed by atoms with Gasteiger partial charge >= 0.3 is 0 Å². The van der Waals surface area contributed by atoms with Gasteiger partial charge in [0.05, 0.1) is 16.8 Å². The van der Waals surface area contributed by atoms with Gasteiger partial charge in [-0.2, -0.15) is 0 Å². The van der Waals surface area contributed by atoms with Gasteiger partial charge in [-0.3, -0.25) is 9.59 Å². The Morgan fingerprint density at radius 3 is 2.42 bits per heavy atom. The Morgan fingerprint density at radius 1 is 0.885 bits per heavy atom. The van der Waals surface area contributed by atoms with E-state index in [0.29, 0.717) is 29.5 Å². The molecule has 4 N–H and O–H groups in total. The first kappa shape index (κ1) is 17.6. The summed E-state index contributed by atoms with van der Waals surface area (Å²) in [6.45, 7) is 0.628. The van der Waals surface area contributed by atoms with Crippen molar-refractivity contribution in [3.63, 3.8) is 0 Å². The molecule has 0 fully saturated rings. The van der Waals surface area contributed by atoms with Gasteiger partial charge in [0, 0.05) is 18.5 Å². The Hall–Kier alpha value is -3.25. The van der Waals surface area contributed by atoms with Crippen molar-refractivity contribution in [3.05, 3.63) is 77.6 Å². The van der Waals surface area contributed by atoms with E-state index in [4.69, 9.17) is 5.73 Å². The van der Waals surface area contributed by atoms with E-state index in [1.165, 1.54) is 6.07 Å². The van der Waals surface area contributed by atoms with Crippen LogP contribution in [0.5, 0.6) is 0 Å². The van der Waals surface area contributed by atoms with Crippen LogP contribution < -0.4 is 16.4 Å². The van der Waals surface area contributed by atoms with Crippen LogP contribution in [-0.4, -0.2) is 24.9 Å². The minimum Gasteiger partial charge on any atom is -0.351 e. The molecule has 0 heterocycles. The Kier molecular flexibility index (Phi) is 5.24. The fourth-order valence-corrected chi connectivity index (χ4v) is 2.67. The second-order valence-corrected chi connectivity index (χ2v) is 5.69. The zero-order valence-electron chi connectivity index (χ0n) is 14.0. The van der Waals surface area contributed by atoms with Crippen LogP contribution in [0.3, 0.4) is 0 Å². The third-order valence-corrected chi connectivity index (χ3v) is 3.96. The van der Waals surface area contributed by atoms with Crippen LogP contribution in [0, 0.1) is 5.82 Å². The van der Waals surface area contributed by atoms with Crippen molar-refractivity contribution in [1.29, 1.82) is 0 Å². The van der Waals surface area contributed by atoms with Gasteiger partial charge in [0.25, 0.3) is 11.8 Å². The van der Waals surface area contributed by atoms with Gasteiger partial charge in [0.15, 0.2) is 0 Å². The van der Waals surface area contributed by atoms with Crippen molar-refractivity contribution >= 4 is 28.3 Å². The van der Waals surface area contributed by atoms with Crippen molar-refractivity contribution in [1.82, 2.24) is 5.32 Å². The van der Waals surface area contributed by atoms with Crippen LogP contribution in [-0.2, 0) is 0 Å². The molecular weight excluding hydrogens is 333 g/mol. The Bertz CT molecular complexity index is 972. The maximum absolute atomic E-state index is 14.7. The zero-order chi connectivity index (χ0) is 18.5. The number of fused-ring (bicyclic) bond motifs is 1. The topological polar surface area (TPSA) is 84.2 Å². The van der Waals surface area contributed by atoms with Gasteiger partial charge in [-0.15, -0.1) is 0 Å². The summed E-state index contributed by atoms with van der Waals surface area (Å²) in [6.07, 6.45) is 0. The number of halogens is 1. The van der Waals surface area contributed by atoms with Gasteiger partial charge < -0.3 is 16.4 Å². The van der Waals surface area contributed by atoms with Crippen molar-refractivity contribution < 1.29 is 14.0 Å². The van der Waals surface area contributed by atoms with Crippen molar-refractivity contribution in [2.45, 2.75) is 0 Å². The second-order valence-electron chi connectivity index (χ2n) is 5.69. The molecule has 3 aromatic carbocycles. The molecule has 0 aliphatic rings. The minimum absolute atomic E-state index is 0.0825. The highest BCUT2D eigenvalue weighted by atomic mass is 19.1. The molecule has 3 rings (SSSR count). The van der Waals surface area contributed by atoms with Crippen LogP contribution in [0.2, 0.25) is 0 Å². The van der Waals surface area contributed by atoms with Crippen molar-refractivity contribution in [3.8, 4) is 0 Å². The maximum Gasteiger partial charge on any atom is 0.258 e. The van der Waals surface area contributed by atoms with E-state index in [0.717, 1.165) is 0 Å². The second kappa shape index (κ2) is 7.76. The van der Waals surface area contributed by atoms with E-state index in [1.807, 2.05) is 0 Å². The van der Waals surface area contributed by atoms with E-state index in [9.17, 15) is 14.0 Å². The maximum atomic E-state index is 14.7. The lowest BCUT2D eigenvalue weighted by molar-refractivity contribution is 0.0955. The smallest absolute Gasteiger partial charge is 0.258 e. The van der Waals surface area contributed by atoms with Gasteiger partial charge in [-0.1, -0.05) is 42.5 Å². The lowest BCUT2D eigenvalue weighted by Gasteiger charge is -2.12. The highest BCUT2D eigenvalue weighted by molar-refractivity contribution is 6.10. The summed E-state index contributed by atoms with van der Waals surface area (Å²) in [7, 11) is 0. The van der Waals surface area contributed by atoms with Gasteiger partial charge in [-0.25, -0.2) is 4.39 Å². The summed E-state index contributed by atoms with van der Waals surface area (Å²) >= 11 is 0. The lowest BCUT2D eigenvalue weighted by Crippen LogP contribution is -2.30. The molecule has 6 heteroatoms. The number of hydrogen-bond donors (Lipinski definition) is 3. The Labute approximate surface area is 150 Å². The molecule has 0 saturated carbocycles. The fourth-order valence-electron chi connectivity index (χ4n) is 2.67. The summed E-state index contributed by atoms with van der Waals surface area (Å²) in [6, 6.07) is 16.6. The van der Waals surface area contributed by atoms with Crippen molar-refractivity contribution in [2.24, 2.45) is 5.73 Å². The SMILES string of the molecule is NCCNC(=O)c1ccccc1NC(=O)c1ccc2ccccc2c1F. The Morgan fingerprint density at radius 2 is 1.62 bits per heavy atom. The van der Waals surface area contributed by atoms with E-state index >= 15 is 0 Å². The predicted molar refractivity (Wildman–Crippen MR) is 99.7 cm³/mol. The number of amides is 2. The number of nitrogens with two attached hydrogens (primary N) is 1. The normalized spacial score (nSPS) is 10.5. The molecule has 0 radical (unpaired) electrons. The van der Waals surface area contributed by atoms with Crippen LogP contribution in [0.25, 0.3) is 10.8 Å². The predicted octanol–water partition coefficient (Wildman–Crippen LogP) is 2.92. The molecule has 0 aliphatic carbocycles. The molecule has 3 aromatic rings. The average molecular weight is 351 g/mol. The standard InChI is InChI=1S/C20H18FN3O2/c21-18-14-6-2-1-5-13(14)9-10-16(18)20(26)24-17-8-4-3-7-15(17)19(25)23-12-11-22/h1-10H,11-12,22H2,(H,23,25)(H,24,26). The van der Waals surface area contributed by atoms with Crippen LogP contribution in [0.15, 0.2) is 60.7 Å². The first-order chi connectivity index (χ1) is 12.6. The first-order valence-electron chi connectivity index (χ1n) is 8.17. The number of para-hydroxylation sites is 1. The van der Waals surface area contributed by atoms with E-state index in [2.05, 4.69) is 10.6 Å². The number of nitrogens with one attached hydrogen (secondary N) is 2. The molecule has 0 bridgehead atoms. The summed E-state index contributed by atoms with van der Waals surface area (Å²) < 4.78 is 14.7. The average Bonchev–Trinajstić information content (AvgIpc) is 2.67. The molecule has 26 heavy (non-hydrogen) atoms. The van der Waals surface area contributed by atoms with E-state index < -0.39 is 11.7 Å². The molecule has 0 saturated heterocycles. The largest absolute Gasteiger partial charge is 0.351 e. The van der Waals surface area contributed by atoms with Crippen LogP contribution in [0.4, 0.5) is 10.1 Å². The lowest BCUT2D eigenvalue weighted by atomic mass is 10.1. The number of benzene rings is 3. The number of anilines is 1. The third-order valence-electron chi connectivity index (χ3n) is 3.96. The summed E-state index contributed by atoms with van der Waals surface area (Å²) in [5.74, 6) is -1.57. The molecule has 132 valence electrons. The Balaban J connectivity index is 1.89. The highest BCUT2D eigenvalue weighted by Crippen LogP contribution is 2.23. The van der Waals surface area contributed by atoms with Crippen LogP contribution in [0.1, 0.15) is 20.7 Å². The molecular formula is C20H18FN3O2. The van der Waals surface area contributed by atoms with E-state index in [-0.39, 0.29) is 17.0 Å². The van der Waals surface area contributed by atoms with Gasteiger partial charge in [0.1, 0.15) is 5.82 Å². The number of rotatable bonds is 5. The van der Waals surface area contributed by atoms with Gasteiger partial charge in [-0.05, 0) is 23.6 Å². The first-order valence-corrected chi connectivity index (χ1v) is 8.17. The summed E-state index contributed by atoms with van der Waals surface area (Å²) in [4.78, 5) is 24.8. The monoisotopic (exact) mass is 351 g/mol. The minimum atomic E-state index is -0.618. The van der Waals surface area contributed by atoms with Crippen molar-refractivity contribution in [2.75, 3.05) is 18.4 Å². The highest BCUT2D eigenvalue weighted by Gasteiger charge is 2.17. The molecule has 0 atom stereocenters. The van der Waals surface area contributed by atoms with E-state index in [1.54, 1.807) is 54.6 Å². The zero-order valence-corrected chi connectivity index (χ0v) is 14.0. The molecule has 5 nitrogen and oxygen atoms in total.